The van der Waals surface area contributed by atoms with Gasteiger partial charge in [0.15, 0.2) is 0 Å². The standard InChI is InChI=1S/C23H29N3O/c1-17(2)26(18(3)4)15-16-27-20-12-9-19(10-13-20)11-14-23-21-7-5-6-8-22(21)24-25-23/h5-14,17-18H,15-16H2,1-4H3,(H,24,25). The van der Waals surface area contributed by atoms with Gasteiger partial charge in [-0.1, -0.05) is 36.4 Å². The molecular weight excluding hydrogens is 334 g/mol. The minimum Gasteiger partial charge on any atom is -0.492 e. The van der Waals surface area contributed by atoms with E-state index in [1.165, 1.54) is 0 Å². The quantitative estimate of drug-likeness (QED) is 0.596. The van der Waals surface area contributed by atoms with Crippen LogP contribution in [0, 0.1) is 0 Å². The summed E-state index contributed by atoms with van der Waals surface area (Å²) in [6, 6.07) is 17.4. The summed E-state index contributed by atoms with van der Waals surface area (Å²) < 4.78 is 5.92. The summed E-state index contributed by atoms with van der Waals surface area (Å²) >= 11 is 0. The summed E-state index contributed by atoms with van der Waals surface area (Å²) in [6.07, 6.45) is 4.11. The van der Waals surface area contributed by atoms with E-state index >= 15 is 0 Å². The number of para-hydroxylation sites is 1. The minimum absolute atomic E-state index is 0.527. The largest absolute Gasteiger partial charge is 0.492 e. The van der Waals surface area contributed by atoms with Gasteiger partial charge in [-0.15, -0.1) is 0 Å². The molecule has 0 spiro atoms. The molecule has 0 atom stereocenters. The van der Waals surface area contributed by atoms with Crippen molar-refractivity contribution in [2.75, 3.05) is 13.2 Å². The molecule has 0 aliphatic heterocycles. The van der Waals surface area contributed by atoms with Crippen molar-refractivity contribution >= 4 is 23.1 Å². The van der Waals surface area contributed by atoms with Gasteiger partial charge in [0.1, 0.15) is 12.4 Å². The first kappa shape index (κ1) is 19.2. The van der Waals surface area contributed by atoms with Gasteiger partial charge in [0.25, 0.3) is 0 Å². The molecule has 0 fully saturated rings. The van der Waals surface area contributed by atoms with Crippen LogP contribution in [-0.2, 0) is 0 Å². The molecule has 1 N–H and O–H groups in total. The lowest BCUT2D eigenvalue weighted by Crippen LogP contribution is -2.39. The molecule has 0 bridgehead atoms. The van der Waals surface area contributed by atoms with Crippen LogP contribution in [0.5, 0.6) is 5.75 Å². The minimum atomic E-state index is 0.527. The summed E-state index contributed by atoms with van der Waals surface area (Å²) in [5.41, 5.74) is 3.13. The van der Waals surface area contributed by atoms with Crippen molar-refractivity contribution in [1.82, 2.24) is 15.1 Å². The molecule has 0 aliphatic carbocycles. The van der Waals surface area contributed by atoms with Crippen LogP contribution >= 0.6 is 0 Å². The normalized spacial score (nSPS) is 12.1. The second-order valence-electron chi connectivity index (χ2n) is 7.33. The molecule has 0 amide bonds. The average Bonchev–Trinajstić information content (AvgIpc) is 3.07. The van der Waals surface area contributed by atoms with Crippen LogP contribution in [0.1, 0.15) is 39.0 Å². The fourth-order valence-corrected chi connectivity index (χ4v) is 3.34. The smallest absolute Gasteiger partial charge is 0.119 e. The van der Waals surface area contributed by atoms with Crippen LogP contribution in [0.15, 0.2) is 48.5 Å². The van der Waals surface area contributed by atoms with Crippen molar-refractivity contribution in [2.24, 2.45) is 0 Å². The number of H-pyrrole nitrogens is 1. The lowest BCUT2D eigenvalue weighted by Gasteiger charge is -2.30. The Morgan fingerprint density at radius 2 is 1.67 bits per heavy atom. The second-order valence-corrected chi connectivity index (χ2v) is 7.33. The van der Waals surface area contributed by atoms with Gasteiger partial charge >= 0.3 is 0 Å². The van der Waals surface area contributed by atoms with E-state index in [1.54, 1.807) is 0 Å². The third-order valence-corrected chi connectivity index (χ3v) is 4.76. The van der Waals surface area contributed by atoms with Crippen LogP contribution < -0.4 is 4.74 Å². The molecular formula is C23H29N3O. The van der Waals surface area contributed by atoms with E-state index in [0.717, 1.165) is 34.5 Å². The predicted molar refractivity (Wildman–Crippen MR) is 114 cm³/mol. The number of nitrogens with one attached hydrogen (secondary N) is 1. The molecule has 4 nitrogen and oxygen atoms in total. The number of benzene rings is 2. The Bertz CT molecular complexity index is 870. The Balaban J connectivity index is 1.57. The topological polar surface area (TPSA) is 41.1 Å². The summed E-state index contributed by atoms with van der Waals surface area (Å²) in [4.78, 5) is 2.44. The fourth-order valence-electron chi connectivity index (χ4n) is 3.34. The molecule has 1 aromatic heterocycles. The van der Waals surface area contributed by atoms with Gasteiger partial charge in [-0.05, 0) is 57.5 Å². The molecule has 0 saturated heterocycles. The van der Waals surface area contributed by atoms with E-state index in [9.17, 15) is 0 Å². The highest BCUT2D eigenvalue weighted by Crippen LogP contribution is 2.19. The highest BCUT2D eigenvalue weighted by atomic mass is 16.5. The van der Waals surface area contributed by atoms with E-state index in [1.807, 2.05) is 36.4 Å². The number of fused-ring (bicyclic) bond motifs is 1. The molecule has 1 heterocycles. The third-order valence-electron chi connectivity index (χ3n) is 4.76. The van der Waals surface area contributed by atoms with Gasteiger partial charge in [0.05, 0.1) is 11.2 Å². The van der Waals surface area contributed by atoms with Crippen LogP contribution in [0.2, 0.25) is 0 Å². The third kappa shape index (κ3) is 4.98. The molecule has 0 radical (unpaired) electrons. The monoisotopic (exact) mass is 363 g/mol. The van der Waals surface area contributed by atoms with Crippen LogP contribution in [0.3, 0.4) is 0 Å². The number of hydrogen-bond acceptors (Lipinski definition) is 3. The Kier molecular flexibility index (Phi) is 6.30. The predicted octanol–water partition coefficient (Wildman–Crippen LogP) is 5.23. The Morgan fingerprint density at radius 3 is 2.37 bits per heavy atom. The van der Waals surface area contributed by atoms with Crippen molar-refractivity contribution < 1.29 is 4.74 Å². The maximum atomic E-state index is 5.92. The lowest BCUT2D eigenvalue weighted by molar-refractivity contribution is 0.142. The summed E-state index contributed by atoms with van der Waals surface area (Å²) in [7, 11) is 0. The van der Waals surface area contributed by atoms with Gasteiger partial charge in [-0.2, -0.15) is 5.10 Å². The van der Waals surface area contributed by atoms with Crippen molar-refractivity contribution in [2.45, 2.75) is 39.8 Å². The summed E-state index contributed by atoms with van der Waals surface area (Å²) in [5.74, 6) is 0.907. The Labute approximate surface area is 161 Å². The molecule has 3 aromatic rings. The Morgan fingerprint density at radius 1 is 0.963 bits per heavy atom. The van der Waals surface area contributed by atoms with E-state index in [4.69, 9.17) is 4.74 Å². The van der Waals surface area contributed by atoms with Gasteiger partial charge in [-0.3, -0.25) is 10.00 Å². The lowest BCUT2D eigenvalue weighted by atomic mass is 10.1. The van der Waals surface area contributed by atoms with Crippen LogP contribution in [0.4, 0.5) is 0 Å². The van der Waals surface area contributed by atoms with Crippen LogP contribution in [0.25, 0.3) is 23.1 Å². The first-order chi connectivity index (χ1) is 13.0. The Hall–Kier alpha value is -2.59. The number of aromatic amines is 1. The second kappa shape index (κ2) is 8.87. The van der Waals surface area contributed by atoms with Gasteiger partial charge < -0.3 is 4.74 Å². The first-order valence-corrected chi connectivity index (χ1v) is 9.64. The molecule has 2 aromatic carbocycles. The zero-order valence-electron chi connectivity index (χ0n) is 16.6. The zero-order chi connectivity index (χ0) is 19.2. The average molecular weight is 364 g/mol. The van der Waals surface area contributed by atoms with Crippen molar-refractivity contribution in [3.63, 3.8) is 0 Å². The molecule has 27 heavy (non-hydrogen) atoms. The number of nitrogens with zero attached hydrogens (tertiary/aromatic N) is 2. The highest BCUT2D eigenvalue weighted by molar-refractivity contribution is 5.89. The van der Waals surface area contributed by atoms with Gasteiger partial charge in [0.2, 0.25) is 0 Å². The molecule has 0 saturated carbocycles. The SMILES string of the molecule is CC(C)N(CCOc1ccc(C=Cc2n[nH]c3ccccc23)cc1)C(C)C. The molecule has 3 rings (SSSR count). The maximum Gasteiger partial charge on any atom is 0.119 e. The molecule has 4 heteroatoms. The van der Waals surface area contributed by atoms with Crippen molar-refractivity contribution in [1.29, 1.82) is 0 Å². The number of aromatic nitrogens is 2. The zero-order valence-corrected chi connectivity index (χ0v) is 16.6. The van der Waals surface area contributed by atoms with Crippen molar-refractivity contribution in [3.05, 3.63) is 59.8 Å². The van der Waals surface area contributed by atoms with Gasteiger partial charge in [0, 0.05) is 24.0 Å². The molecule has 142 valence electrons. The van der Waals surface area contributed by atoms with Gasteiger partial charge in [-0.25, -0.2) is 0 Å². The molecule has 0 unspecified atom stereocenters. The van der Waals surface area contributed by atoms with E-state index in [-0.39, 0.29) is 0 Å². The number of rotatable bonds is 8. The van der Waals surface area contributed by atoms with Crippen LogP contribution in [-0.4, -0.2) is 40.3 Å². The molecule has 0 aliphatic rings. The summed E-state index contributed by atoms with van der Waals surface area (Å²) in [6.45, 7) is 10.5. The van der Waals surface area contributed by atoms with Crippen molar-refractivity contribution in [3.8, 4) is 5.75 Å². The van der Waals surface area contributed by atoms with E-state index in [2.05, 4.69) is 67.1 Å². The number of hydrogen-bond donors (Lipinski definition) is 1. The number of ether oxygens (including phenoxy) is 1. The first-order valence-electron chi connectivity index (χ1n) is 9.64. The van der Waals surface area contributed by atoms with E-state index in [0.29, 0.717) is 18.7 Å². The maximum absolute atomic E-state index is 5.92. The highest BCUT2D eigenvalue weighted by Gasteiger charge is 2.12. The summed E-state index contributed by atoms with van der Waals surface area (Å²) in [5, 5.41) is 8.56. The van der Waals surface area contributed by atoms with E-state index < -0.39 is 0 Å². The fraction of sp³-hybridized carbons (Fsp3) is 0.348.